The molecule has 1 aromatic rings. The van der Waals surface area contributed by atoms with Gasteiger partial charge in [0.05, 0.1) is 5.69 Å². The van der Waals surface area contributed by atoms with Gasteiger partial charge in [-0.15, -0.1) is 0 Å². The lowest BCUT2D eigenvalue weighted by Crippen LogP contribution is -2.52. The molecule has 0 unspecified atom stereocenters. The van der Waals surface area contributed by atoms with Crippen LogP contribution in [0.5, 0.6) is 0 Å². The fourth-order valence-electron chi connectivity index (χ4n) is 3.94. The smallest absolute Gasteiger partial charge is 0.227 e. The maximum absolute atomic E-state index is 14.0. The van der Waals surface area contributed by atoms with Gasteiger partial charge in [0.25, 0.3) is 0 Å². The number of halogens is 1. The number of anilines is 1. The average molecular weight is 375 g/mol. The molecule has 5 nitrogen and oxygen atoms in total. The van der Waals surface area contributed by atoms with Gasteiger partial charge in [-0.05, 0) is 25.0 Å². The normalized spacial score (nSPS) is 19.3. The quantitative estimate of drug-likeness (QED) is 0.798. The fourth-order valence-corrected chi connectivity index (χ4v) is 3.94. The molecule has 0 atom stereocenters. The predicted octanol–water partition coefficient (Wildman–Crippen LogP) is 2.76. The first-order chi connectivity index (χ1) is 12.8. The Morgan fingerprint density at radius 1 is 0.926 bits per heavy atom. The van der Waals surface area contributed by atoms with E-state index in [1.54, 1.807) is 12.1 Å². The number of amides is 2. The zero-order chi connectivity index (χ0) is 19.6. The molecule has 0 saturated carbocycles. The maximum atomic E-state index is 14.0. The number of carbonyl (C=O) groups excluding carboxylic acids is 2. The Hall–Kier alpha value is -2.11. The fraction of sp³-hybridized carbons (Fsp3) is 0.619. The van der Waals surface area contributed by atoms with Gasteiger partial charge in [-0.2, -0.15) is 0 Å². The molecule has 0 aliphatic carbocycles. The van der Waals surface area contributed by atoms with E-state index in [1.165, 1.54) is 6.07 Å². The van der Waals surface area contributed by atoms with Crippen molar-refractivity contribution in [3.8, 4) is 0 Å². The molecule has 1 aromatic carbocycles. The summed E-state index contributed by atoms with van der Waals surface area (Å²) < 4.78 is 14.0. The minimum Gasteiger partial charge on any atom is -0.366 e. The first kappa shape index (κ1) is 19.6. The van der Waals surface area contributed by atoms with E-state index in [1.807, 2.05) is 41.5 Å². The van der Waals surface area contributed by atoms with Gasteiger partial charge in [0.15, 0.2) is 0 Å². The Morgan fingerprint density at radius 2 is 1.52 bits per heavy atom. The number of piperazine rings is 1. The maximum Gasteiger partial charge on any atom is 0.227 e. The molecular formula is C21H30FN3O2. The zero-order valence-electron chi connectivity index (χ0n) is 16.6. The van der Waals surface area contributed by atoms with Gasteiger partial charge in [0, 0.05) is 50.6 Å². The summed E-state index contributed by atoms with van der Waals surface area (Å²) in [5.41, 5.74) is 0.235. The third kappa shape index (κ3) is 4.42. The van der Waals surface area contributed by atoms with Crippen LogP contribution in [-0.4, -0.2) is 60.9 Å². The minimum absolute atomic E-state index is 0.00553. The van der Waals surface area contributed by atoms with Crippen molar-refractivity contribution in [2.24, 2.45) is 11.3 Å². The van der Waals surface area contributed by atoms with Crippen molar-refractivity contribution in [2.75, 3.05) is 44.2 Å². The summed E-state index contributed by atoms with van der Waals surface area (Å²) in [6.45, 7) is 9.64. The highest BCUT2D eigenvalue weighted by Gasteiger charge is 2.34. The summed E-state index contributed by atoms with van der Waals surface area (Å²) in [5.74, 6) is 0.125. The van der Waals surface area contributed by atoms with Crippen LogP contribution >= 0.6 is 0 Å². The third-order valence-electron chi connectivity index (χ3n) is 5.56. The van der Waals surface area contributed by atoms with E-state index in [2.05, 4.69) is 0 Å². The summed E-state index contributed by atoms with van der Waals surface area (Å²) in [4.78, 5) is 31.1. The van der Waals surface area contributed by atoms with Crippen molar-refractivity contribution in [1.29, 1.82) is 0 Å². The van der Waals surface area contributed by atoms with E-state index >= 15 is 0 Å². The highest BCUT2D eigenvalue weighted by Crippen LogP contribution is 2.26. The Labute approximate surface area is 161 Å². The number of benzene rings is 1. The number of rotatable bonds is 2. The van der Waals surface area contributed by atoms with Crippen molar-refractivity contribution in [2.45, 2.75) is 33.6 Å². The second-order valence-corrected chi connectivity index (χ2v) is 8.58. The van der Waals surface area contributed by atoms with Gasteiger partial charge in [0.1, 0.15) is 5.82 Å². The van der Waals surface area contributed by atoms with E-state index in [4.69, 9.17) is 0 Å². The van der Waals surface area contributed by atoms with Crippen LogP contribution in [0.2, 0.25) is 0 Å². The zero-order valence-corrected chi connectivity index (χ0v) is 16.6. The molecule has 0 N–H and O–H groups in total. The number of likely N-dealkylation sites (tertiary alicyclic amines) is 1. The number of para-hydroxylation sites is 1. The SMILES string of the molecule is CC(C)(C)C(=O)N1CCC(C(=O)N2CCN(c3ccccc3F)CC2)CC1. The second kappa shape index (κ2) is 7.87. The van der Waals surface area contributed by atoms with Crippen molar-refractivity contribution < 1.29 is 14.0 Å². The second-order valence-electron chi connectivity index (χ2n) is 8.58. The molecule has 2 fully saturated rings. The first-order valence-electron chi connectivity index (χ1n) is 9.85. The molecule has 2 saturated heterocycles. The van der Waals surface area contributed by atoms with Gasteiger partial charge in [0.2, 0.25) is 11.8 Å². The number of piperidine rings is 1. The van der Waals surface area contributed by atoms with Crippen molar-refractivity contribution in [3.63, 3.8) is 0 Å². The molecular weight excluding hydrogens is 345 g/mol. The topological polar surface area (TPSA) is 43.9 Å². The average Bonchev–Trinajstić information content (AvgIpc) is 2.67. The van der Waals surface area contributed by atoms with Crippen LogP contribution in [0, 0.1) is 17.2 Å². The van der Waals surface area contributed by atoms with E-state index in [0.29, 0.717) is 45.0 Å². The van der Waals surface area contributed by atoms with Crippen molar-refractivity contribution >= 4 is 17.5 Å². The molecule has 0 spiro atoms. The first-order valence-corrected chi connectivity index (χ1v) is 9.85. The third-order valence-corrected chi connectivity index (χ3v) is 5.56. The predicted molar refractivity (Wildman–Crippen MR) is 104 cm³/mol. The molecule has 2 aliphatic rings. The van der Waals surface area contributed by atoms with Crippen LogP contribution in [0.4, 0.5) is 10.1 Å². The lowest BCUT2D eigenvalue weighted by Gasteiger charge is -2.40. The molecule has 3 rings (SSSR count). The number of carbonyl (C=O) groups is 2. The molecule has 27 heavy (non-hydrogen) atoms. The Bertz CT molecular complexity index is 685. The Morgan fingerprint density at radius 3 is 2.07 bits per heavy atom. The number of hydrogen-bond donors (Lipinski definition) is 0. The lowest BCUT2D eigenvalue weighted by atomic mass is 9.90. The van der Waals surface area contributed by atoms with Crippen molar-refractivity contribution in [1.82, 2.24) is 9.80 Å². The highest BCUT2D eigenvalue weighted by atomic mass is 19.1. The van der Waals surface area contributed by atoms with Crippen LogP contribution in [0.1, 0.15) is 33.6 Å². The summed E-state index contributed by atoms with van der Waals surface area (Å²) in [6, 6.07) is 6.78. The van der Waals surface area contributed by atoms with Gasteiger partial charge >= 0.3 is 0 Å². The number of hydrogen-bond acceptors (Lipinski definition) is 3. The molecule has 6 heteroatoms. The van der Waals surface area contributed by atoms with Gasteiger partial charge in [-0.3, -0.25) is 9.59 Å². The Kier molecular flexibility index (Phi) is 5.72. The van der Waals surface area contributed by atoms with Crippen LogP contribution in [-0.2, 0) is 9.59 Å². The summed E-state index contributed by atoms with van der Waals surface area (Å²) in [7, 11) is 0. The van der Waals surface area contributed by atoms with Crippen LogP contribution in [0.3, 0.4) is 0 Å². The van der Waals surface area contributed by atoms with Crippen molar-refractivity contribution in [3.05, 3.63) is 30.1 Å². The monoisotopic (exact) mass is 375 g/mol. The molecule has 2 heterocycles. The molecule has 2 aliphatic heterocycles. The minimum atomic E-state index is -0.375. The van der Waals surface area contributed by atoms with E-state index in [0.717, 1.165) is 12.8 Å². The van der Waals surface area contributed by atoms with Gasteiger partial charge in [-0.25, -0.2) is 4.39 Å². The van der Waals surface area contributed by atoms with E-state index < -0.39 is 0 Å². The largest absolute Gasteiger partial charge is 0.366 e. The lowest BCUT2D eigenvalue weighted by molar-refractivity contribution is -0.145. The molecule has 0 bridgehead atoms. The van der Waals surface area contributed by atoms with E-state index in [-0.39, 0.29) is 29.0 Å². The van der Waals surface area contributed by atoms with Gasteiger partial charge in [-0.1, -0.05) is 32.9 Å². The summed E-state index contributed by atoms with van der Waals surface area (Å²) in [6.07, 6.45) is 1.46. The van der Waals surface area contributed by atoms with E-state index in [9.17, 15) is 14.0 Å². The molecule has 0 aromatic heterocycles. The summed E-state index contributed by atoms with van der Waals surface area (Å²) in [5, 5.41) is 0. The van der Waals surface area contributed by atoms with Crippen LogP contribution in [0.15, 0.2) is 24.3 Å². The Balaban J connectivity index is 1.50. The highest BCUT2D eigenvalue weighted by molar-refractivity contribution is 5.83. The summed E-state index contributed by atoms with van der Waals surface area (Å²) >= 11 is 0. The van der Waals surface area contributed by atoms with Crippen LogP contribution in [0.25, 0.3) is 0 Å². The molecule has 2 amide bonds. The van der Waals surface area contributed by atoms with Gasteiger partial charge < -0.3 is 14.7 Å². The number of nitrogens with zero attached hydrogens (tertiary/aromatic N) is 3. The molecule has 0 radical (unpaired) electrons. The standard InChI is InChI=1S/C21H30FN3O2/c1-21(2,3)20(27)25-10-8-16(9-11-25)19(26)24-14-12-23(13-15-24)18-7-5-4-6-17(18)22/h4-7,16H,8-15H2,1-3H3. The molecule has 148 valence electrons. The van der Waals surface area contributed by atoms with Crippen LogP contribution < -0.4 is 4.90 Å².